The molecule has 1 nitrogen and oxygen atoms in total. The van der Waals surface area contributed by atoms with Crippen molar-refractivity contribution in [2.24, 2.45) is 5.73 Å². The summed E-state index contributed by atoms with van der Waals surface area (Å²) in [6.07, 6.45) is 13.6. The highest BCUT2D eigenvalue weighted by atomic mass is 14.6. The molecule has 1 heteroatoms. The summed E-state index contributed by atoms with van der Waals surface area (Å²) in [4.78, 5) is 0. The van der Waals surface area contributed by atoms with E-state index >= 15 is 0 Å². The summed E-state index contributed by atoms with van der Waals surface area (Å²) in [6, 6.07) is 0.491. The summed E-state index contributed by atoms with van der Waals surface area (Å²) in [5.41, 5.74) is 9.53. The van der Waals surface area contributed by atoms with Crippen molar-refractivity contribution in [2.75, 3.05) is 0 Å². The molecule has 2 fully saturated rings. The van der Waals surface area contributed by atoms with Crippen LogP contribution < -0.4 is 5.73 Å². The van der Waals surface area contributed by atoms with Gasteiger partial charge in [0.1, 0.15) is 0 Å². The molecule has 0 aromatic rings. The average Bonchev–Trinajstić information content (AvgIpc) is 2.47. The van der Waals surface area contributed by atoms with Crippen molar-refractivity contribution in [3.05, 3.63) is 11.1 Å². The van der Waals surface area contributed by atoms with Crippen LogP contribution in [-0.2, 0) is 0 Å². The first-order valence-corrected chi connectivity index (χ1v) is 6.31. The van der Waals surface area contributed by atoms with Crippen molar-refractivity contribution in [1.82, 2.24) is 0 Å². The van der Waals surface area contributed by atoms with Crippen LogP contribution in [0.2, 0.25) is 0 Å². The van der Waals surface area contributed by atoms with E-state index in [1.54, 1.807) is 5.57 Å². The lowest BCUT2D eigenvalue weighted by Crippen LogP contribution is -2.23. The van der Waals surface area contributed by atoms with Crippen LogP contribution >= 0.6 is 0 Å². The summed E-state index contributed by atoms with van der Waals surface area (Å²) in [7, 11) is 0. The lowest BCUT2D eigenvalue weighted by Gasteiger charge is -2.23. The molecule has 2 rings (SSSR count). The van der Waals surface area contributed by atoms with Gasteiger partial charge in [-0.2, -0.15) is 0 Å². The highest BCUT2D eigenvalue weighted by Gasteiger charge is 2.16. The van der Waals surface area contributed by atoms with E-state index < -0.39 is 0 Å². The van der Waals surface area contributed by atoms with Gasteiger partial charge < -0.3 is 5.73 Å². The second kappa shape index (κ2) is 4.97. The first kappa shape index (κ1) is 10.2. The Morgan fingerprint density at radius 3 is 1.79 bits per heavy atom. The van der Waals surface area contributed by atoms with Crippen LogP contribution in [0.4, 0.5) is 0 Å². The van der Waals surface area contributed by atoms with Crippen molar-refractivity contribution in [3.63, 3.8) is 0 Å². The van der Waals surface area contributed by atoms with Gasteiger partial charge in [-0.15, -0.1) is 0 Å². The smallest absolute Gasteiger partial charge is 0.00449 e. The maximum atomic E-state index is 5.93. The van der Waals surface area contributed by atoms with Crippen molar-refractivity contribution in [3.8, 4) is 0 Å². The van der Waals surface area contributed by atoms with Crippen molar-refractivity contribution >= 4 is 0 Å². The van der Waals surface area contributed by atoms with E-state index in [4.69, 9.17) is 5.73 Å². The highest BCUT2D eigenvalue weighted by molar-refractivity contribution is 5.17. The summed E-state index contributed by atoms with van der Waals surface area (Å²) in [5, 5.41) is 0. The zero-order chi connectivity index (χ0) is 9.80. The van der Waals surface area contributed by atoms with E-state index in [2.05, 4.69) is 0 Å². The number of nitrogens with two attached hydrogens (primary N) is 1. The van der Waals surface area contributed by atoms with Crippen LogP contribution in [0.5, 0.6) is 0 Å². The first-order valence-electron chi connectivity index (χ1n) is 6.31. The highest BCUT2D eigenvalue weighted by Crippen LogP contribution is 2.32. The van der Waals surface area contributed by atoms with Gasteiger partial charge in [0.05, 0.1) is 0 Å². The van der Waals surface area contributed by atoms with Gasteiger partial charge in [-0.1, -0.05) is 24.0 Å². The second-order valence-electron chi connectivity index (χ2n) is 4.96. The Labute approximate surface area is 87.8 Å². The number of rotatable bonds is 0. The van der Waals surface area contributed by atoms with Crippen molar-refractivity contribution < 1.29 is 0 Å². The van der Waals surface area contributed by atoms with Gasteiger partial charge in [0.25, 0.3) is 0 Å². The predicted octanol–water partition coefficient (Wildman–Crippen LogP) is 3.54. The second-order valence-corrected chi connectivity index (χ2v) is 4.96. The minimum absolute atomic E-state index is 0.491. The fraction of sp³-hybridized carbons (Fsp3) is 0.846. The van der Waals surface area contributed by atoms with Crippen LogP contribution in [0.15, 0.2) is 11.1 Å². The summed E-state index contributed by atoms with van der Waals surface area (Å²) in [5.74, 6) is 0. The normalized spacial score (nSPS) is 30.2. The molecular weight excluding hydrogens is 170 g/mol. The molecule has 0 aliphatic heterocycles. The third-order valence-electron chi connectivity index (χ3n) is 3.84. The summed E-state index contributed by atoms with van der Waals surface area (Å²) in [6.45, 7) is 0. The maximum absolute atomic E-state index is 5.93. The Morgan fingerprint density at radius 1 is 0.714 bits per heavy atom. The third kappa shape index (κ3) is 2.60. The molecule has 0 heterocycles. The van der Waals surface area contributed by atoms with Gasteiger partial charge in [-0.05, 0) is 51.4 Å². The van der Waals surface area contributed by atoms with Gasteiger partial charge >= 0.3 is 0 Å². The molecule has 0 amide bonds. The lowest BCUT2D eigenvalue weighted by atomic mass is 9.86. The molecule has 2 aliphatic carbocycles. The monoisotopic (exact) mass is 193 g/mol. The largest absolute Gasteiger partial charge is 0.328 e. The first-order chi connectivity index (χ1) is 6.86. The molecule has 0 unspecified atom stereocenters. The van der Waals surface area contributed by atoms with E-state index in [9.17, 15) is 0 Å². The Hall–Kier alpha value is -0.300. The molecule has 2 N–H and O–H groups in total. The van der Waals surface area contributed by atoms with E-state index in [-0.39, 0.29) is 0 Å². The van der Waals surface area contributed by atoms with Crippen molar-refractivity contribution in [1.29, 1.82) is 0 Å². The molecule has 0 bridgehead atoms. The van der Waals surface area contributed by atoms with Crippen LogP contribution in [0.3, 0.4) is 0 Å². The molecule has 2 saturated carbocycles. The zero-order valence-electron chi connectivity index (χ0n) is 9.23. The third-order valence-corrected chi connectivity index (χ3v) is 3.84. The number of hydrogen-bond acceptors (Lipinski definition) is 1. The van der Waals surface area contributed by atoms with E-state index in [0.29, 0.717) is 6.04 Å². The predicted molar refractivity (Wildman–Crippen MR) is 61.2 cm³/mol. The molecule has 0 aromatic heterocycles. The summed E-state index contributed by atoms with van der Waals surface area (Å²) >= 11 is 0. The maximum Gasteiger partial charge on any atom is 0.00449 e. The SMILES string of the molecule is NC1CCC(=C2CCCCCC2)CC1. The molecule has 0 radical (unpaired) electrons. The molecule has 80 valence electrons. The van der Waals surface area contributed by atoms with Crippen LogP contribution in [0, 0.1) is 0 Å². The van der Waals surface area contributed by atoms with E-state index in [1.807, 2.05) is 5.57 Å². The fourth-order valence-electron chi connectivity index (χ4n) is 2.85. The molecule has 0 spiro atoms. The molecule has 14 heavy (non-hydrogen) atoms. The minimum Gasteiger partial charge on any atom is -0.328 e. The Bertz CT molecular complexity index is 197. The van der Waals surface area contributed by atoms with Gasteiger partial charge in [0.15, 0.2) is 0 Å². The van der Waals surface area contributed by atoms with Gasteiger partial charge in [-0.3, -0.25) is 0 Å². The molecule has 0 atom stereocenters. The lowest BCUT2D eigenvalue weighted by molar-refractivity contribution is 0.504. The van der Waals surface area contributed by atoms with Crippen molar-refractivity contribution in [2.45, 2.75) is 70.3 Å². The molecule has 0 aromatic carbocycles. The zero-order valence-corrected chi connectivity index (χ0v) is 9.23. The van der Waals surface area contributed by atoms with Gasteiger partial charge in [0.2, 0.25) is 0 Å². The number of allylic oxidation sites excluding steroid dienone is 2. The topological polar surface area (TPSA) is 26.0 Å². The minimum atomic E-state index is 0.491. The fourth-order valence-corrected chi connectivity index (χ4v) is 2.85. The van der Waals surface area contributed by atoms with Gasteiger partial charge in [0, 0.05) is 6.04 Å². The Balaban J connectivity index is 1.98. The van der Waals surface area contributed by atoms with E-state index in [1.165, 1.54) is 64.2 Å². The number of hydrogen-bond donors (Lipinski definition) is 1. The average molecular weight is 193 g/mol. The summed E-state index contributed by atoms with van der Waals surface area (Å²) < 4.78 is 0. The van der Waals surface area contributed by atoms with Crippen LogP contribution in [-0.4, -0.2) is 6.04 Å². The van der Waals surface area contributed by atoms with Crippen LogP contribution in [0.1, 0.15) is 64.2 Å². The van der Waals surface area contributed by atoms with E-state index in [0.717, 1.165) is 0 Å². The molecular formula is C13H23N. The molecule has 2 aliphatic rings. The quantitative estimate of drug-likeness (QED) is 0.462. The molecule has 0 saturated heterocycles. The Kier molecular flexibility index (Phi) is 3.63. The standard InChI is InChI=1S/C13H23N/c14-13-9-7-12(8-10-13)11-5-3-1-2-4-6-11/h13H,1-10,14H2. The Morgan fingerprint density at radius 2 is 1.21 bits per heavy atom. The van der Waals surface area contributed by atoms with Crippen LogP contribution in [0.25, 0.3) is 0 Å². The van der Waals surface area contributed by atoms with Gasteiger partial charge in [-0.25, -0.2) is 0 Å².